The minimum atomic E-state index is -1.44. The summed E-state index contributed by atoms with van der Waals surface area (Å²) in [5, 5.41) is 12.9. The van der Waals surface area contributed by atoms with Gasteiger partial charge in [-0.15, -0.1) is 0 Å². The Morgan fingerprint density at radius 3 is 2.17 bits per heavy atom. The predicted molar refractivity (Wildman–Crippen MR) is 94.4 cm³/mol. The van der Waals surface area contributed by atoms with Crippen LogP contribution in [0.25, 0.3) is 0 Å². The van der Waals surface area contributed by atoms with Crippen LogP contribution in [-0.2, 0) is 4.79 Å². The minimum absolute atomic E-state index is 0.300. The van der Waals surface area contributed by atoms with Crippen LogP contribution in [0.3, 0.4) is 0 Å². The molecule has 0 aliphatic heterocycles. The van der Waals surface area contributed by atoms with Crippen molar-refractivity contribution in [1.82, 2.24) is 0 Å². The highest BCUT2D eigenvalue weighted by atomic mass is 35.5. The molecule has 1 N–H and O–H groups in total. The van der Waals surface area contributed by atoms with Crippen LogP contribution < -0.4 is 5.32 Å². The Kier molecular flexibility index (Phi) is 5.61. The number of rotatable bonds is 4. The van der Waals surface area contributed by atoms with E-state index < -0.39 is 17.6 Å². The SMILES string of the molecule is Cc1cc(Cl)ccc1NC(=O)C(C#N)C(=O)c1ccc(Cl)cc1C. The van der Waals surface area contributed by atoms with Crippen molar-refractivity contribution in [2.45, 2.75) is 13.8 Å². The summed E-state index contributed by atoms with van der Waals surface area (Å²) < 4.78 is 0. The van der Waals surface area contributed by atoms with E-state index >= 15 is 0 Å². The summed E-state index contributed by atoms with van der Waals surface area (Å²) in [7, 11) is 0. The molecule has 6 heteroatoms. The molecule has 0 radical (unpaired) electrons. The molecule has 0 spiro atoms. The average molecular weight is 361 g/mol. The van der Waals surface area contributed by atoms with E-state index in [0.717, 1.165) is 5.56 Å². The van der Waals surface area contributed by atoms with Gasteiger partial charge in [-0.05, 0) is 61.4 Å². The number of nitriles is 1. The first-order valence-corrected chi connectivity index (χ1v) is 7.86. The number of ketones is 1. The summed E-state index contributed by atoms with van der Waals surface area (Å²) >= 11 is 11.7. The van der Waals surface area contributed by atoms with Gasteiger partial charge in [-0.1, -0.05) is 23.2 Å². The first-order chi connectivity index (χ1) is 11.3. The van der Waals surface area contributed by atoms with E-state index in [2.05, 4.69) is 5.32 Å². The largest absolute Gasteiger partial charge is 0.324 e. The molecule has 0 aliphatic rings. The number of halogens is 2. The molecular weight excluding hydrogens is 347 g/mol. The van der Waals surface area contributed by atoms with Crippen molar-refractivity contribution in [3.8, 4) is 6.07 Å². The van der Waals surface area contributed by atoms with Gasteiger partial charge in [-0.2, -0.15) is 5.26 Å². The molecule has 122 valence electrons. The molecule has 0 aromatic heterocycles. The third kappa shape index (κ3) is 3.94. The second-order valence-corrected chi connectivity index (χ2v) is 6.21. The lowest BCUT2D eigenvalue weighted by Crippen LogP contribution is -2.29. The maximum absolute atomic E-state index is 12.5. The van der Waals surface area contributed by atoms with Crippen LogP contribution in [-0.4, -0.2) is 11.7 Å². The van der Waals surface area contributed by atoms with Crippen LogP contribution in [0.1, 0.15) is 21.5 Å². The third-order valence-electron chi connectivity index (χ3n) is 3.55. The standard InChI is InChI=1S/C18H14Cl2N2O2/c1-10-7-12(19)3-5-14(10)17(23)15(9-21)18(24)22-16-6-4-13(20)8-11(16)2/h3-8,15H,1-2H3,(H,22,24). The number of benzene rings is 2. The van der Waals surface area contributed by atoms with Crippen molar-refractivity contribution in [2.24, 2.45) is 5.92 Å². The van der Waals surface area contributed by atoms with Gasteiger partial charge < -0.3 is 5.32 Å². The average Bonchev–Trinajstić information content (AvgIpc) is 2.50. The normalized spacial score (nSPS) is 11.5. The van der Waals surface area contributed by atoms with Gasteiger partial charge in [0.2, 0.25) is 5.91 Å². The van der Waals surface area contributed by atoms with Gasteiger partial charge in [-0.3, -0.25) is 9.59 Å². The Labute approximate surface area is 150 Å². The topological polar surface area (TPSA) is 70.0 Å². The maximum Gasteiger partial charge on any atom is 0.249 e. The predicted octanol–water partition coefficient (Wildman–Crippen LogP) is 4.57. The highest BCUT2D eigenvalue weighted by Crippen LogP contribution is 2.22. The molecule has 0 saturated heterocycles. The van der Waals surface area contributed by atoms with Crippen molar-refractivity contribution in [3.05, 3.63) is 63.1 Å². The monoisotopic (exact) mass is 360 g/mol. The number of carbonyl (C=O) groups is 2. The maximum atomic E-state index is 12.5. The minimum Gasteiger partial charge on any atom is -0.324 e. The highest BCUT2D eigenvalue weighted by molar-refractivity contribution is 6.31. The van der Waals surface area contributed by atoms with E-state index in [-0.39, 0.29) is 0 Å². The van der Waals surface area contributed by atoms with Gasteiger partial charge in [0.05, 0.1) is 6.07 Å². The van der Waals surface area contributed by atoms with E-state index in [4.69, 9.17) is 23.2 Å². The summed E-state index contributed by atoms with van der Waals surface area (Å²) in [6.07, 6.45) is 0. The van der Waals surface area contributed by atoms with Crippen molar-refractivity contribution < 1.29 is 9.59 Å². The molecule has 0 fully saturated rings. The number of hydrogen-bond acceptors (Lipinski definition) is 3. The summed E-state index contributed by atoms with van der Waals surface area (Å²) in [6.45, 7) is 3.48. The lowest BCUT2D eigenvalue weighted by molar-refractivity contribution is -0.117. The first kappa shape index (κ1) is 18.0. The zero-order valence-corrected chi connectivity index (χ0v) is 14.6. The molecule has 4 nitrogen and oxygen atoms in total. The van der Waals surface area contributed by atoms with Crippen LogP contribution in [0, 0.1) is 31.1 Å². The van der Waals surface area contributed by atoms with Crippen molar-refractivity contribution in [2.75, 3.05) is 5.32 Å². The summed E-state index contributed by atoms with van der Waals surface area (Å²) in [5.74, 6) is -2.68. The Morgan fingerprint density at radius 1 is 1.04 bits per heavy atom. The molecular formula is C18H14Cl2N2O2. The molecule has 1 atom stereocenters. The Morgan fingerprint density at radius 2 is 1.62 bits per heavy atom. The van der Waals surface area contributed by atoms with Gasteiger partial charge in [0.1, 0.15) is 0 Å². The summed E-state index contributed by atoms with van der Waals surface area (Å²) in [5.41, 5.74) is 2.16. The van der Waals surface area contributed by atoms with E-state index in [1.807, 2.05) is 0 Å². The van der Waals surface area contributed by atoms with E-state index in [0.29, 0.717) is 26.9 Å². The number of hydrogen-bond donors (Lipinski definition) is 1. The van der Waals surface area contributed by atoms with E-state index in [1.165, 1.54) is 6.07 Å². The fourth-order valence-electron chi connectivity index (χ4n) is 2.27. The van der Waals surface area contributed by atoms with Gasteiger partial charge in [0.15, 0.2) is 11.7 Å². The lowest BCUT2D eigenvalue weighted by atomic mass is 9.94. The van der Waals surface area contributed by atoms with Crippen LogP contribution in [0.2, 0.25) is 10.0 Å². The van der Waals surface area contributed by atoms with Crippen molar-refractivity contribution in [1.29, 1.82) is 5.26 Å². The molecule has 2 aromatic carbocycles. The Hall–Kier alpha value is -2.35. The number of Topliss-reactive ketones (excluding diaryl/α,β-unsaturated/α-hetero) is 1. The van der Waals surface area contributed by atoms with Crippen molar-refractivity contribution >= 4 is 40.6 Å². The molecule has 24 heavy (non-hydrogen) atoms. The Balaban J connectivity index is 2.25. The number of amides is 1. The van der Waals surface area contributed by atoms with Crippen LogP contribution in [0.4, 0.5) is 5.69 Å². The molecule has 0 aliphatic carbocycles. The van der Waals surface area contributed by atoms with Crippen molar-refractivity contribution in [3.63, 3.8) is 0 Å². The molecule has 0 saturated carbocycles. The van der Waals surface area contributed by atoms with E-state index in [9.17, 15) is 14.9 Å². The molecule has 1 unspecified atom stereocenters. The van der Waals surface area contributed by atoms with Crippen LogP contribution >= 0.6 is 23.2 Å². The van der Waals surface area contributed by atoms with Crippen LogP contribution in [0.15, 0.2) is 36.4 Å². The molecule has 2 aromatic rings. The Bertz CT molecular complexity index is 857. The van der Waals surface area contributed by atoms with Crippen LogP contribution in [0.5, 0.6) is 0 Å². The molecule has 0 bridgehead atoms. The molecule has 0 heterocycles. The molecule has 2 rings (SSSR count). The quantitative estimate of drug-likeness (QED) is 0.641. The smallest absolute Gasteiger partial charge is 0.249 e. The lowest BCUT2D eigenvalue weighted by Gasteiger charge is -2.13. The van der Waals surface area contributed by atoms with E-state index in [1.54, 1.807) is 50.2 Å². The third-order valence-corrected chi connectivity index (χ3v) is 4.02. The summed E-state index contributed by atoms with van der Waals surface area (Å²) in [4.78, 5) is 24.9. The number of aryl methyl sites for hydroxylation is 2. The highest BCUT2D eigenvalue weighted by Gasteiger charge is 2.28. The van der Waals surface area contributed by atoms with Gasteiger partial charge in [0.25, 0.3) is 0 Å². The number of nitrogens with one attached hydrogen (secondary N) is 1. The fourth-order valence-corrected chi connectivity index (χ4v) is 2.72. The number of nitrogens with zero attached hydrogens (tertiary/aromatic N) is 1. The zero-order valence-electron chi connectivity index (χ0n) is 13.1. The van der Waals surface area contributed by atoms with Gasteiger partial charge in [-0.25, -0.2) is 0 Å². The van der Waals surface area contributed by atoms with Gasteiger partial charge >= 0.3 is 0 Å². The summed E-state index contributed by atoms with van der Waals surface area (Å²) in [6, 6.07) is 11.4. The number of anilines is 1. The second-order valence-electron chi connectivity index (χ2n) is 5.33. The van der Waals surface area contributed by atoms with Gasteiger partial charge in [0, 0.05) is 21.3 Å². The number of carbonyl (C=O) groups excluding carboxylic acids is 2. The molecule has 1 amide bonds. The first-order valence-electron chi connectivity index (χ1n) is 7.10. The fraction of sp³-hybridized carbons (Fsp3) is 0.167. The second kappa shape index (κ2) is 7.48. The zero-order chi connectivity index (χ0) is 17.9.